The largest absolute Gasteiger partial charge is 0.454 e. The van der Waals surface area contributed by atoms with Crippen LogP contribution in [0.2, 0.25) is 5.02 Å². The van der Waals surface area contributed by atoms with Crippen molar-refractivity contribution in [2.45, 2.75) is 17.9 Å². The number of nitrogens with zero attached hydrogens (tertiary/aromatic N) is 1. The third-order valence-electron chi connectivity index (χ3n) is 5.39. The van der Waals surface area contributed by atoms with Gasteiger partial charge in [0.15, 0.2) is 12.4 Å². The summed E-state index contributed by atoms with van der Waals surface area (Å²) in [6.45, 7) is -0.0539. The van der Waals surface area contributed by atoms with Crippen molar-refractivity contribution >= 4 is 33.4 Å². The number of benzene rings is 3. The predicted molar refractivity (Wildman–Crippen MR) is 120 cm³/mol. The van der Waals surface area contributed by atoms with Gasteiger partial charge in [0.2, 0.25) is 10.0 Å². The van der Waals surface area contributed by atoms with E-state index in [2.05, 4.69) is 0 Å². The minimum absolute atomic E-state index is 0.00262. The fourth-order valence-electron chi connectivity index (χ4n) is 3.57. The van der Waals surface area contributed by atoms with Crippen molar-refractivity contribution in [1.29, 1.82) is 0 Å². The molecule has 0 unspecified atom stereocenters. The Labute approximate surface area is 195 Å². The molecule has 0 amide bonds. The van der Waals surface area contributed by atoms with E-state index >= 15 is 0 Å². The molecule has 0 bridgehead atoms. The number of sulfonamides is 1. The minimum atomic E-state index is -3.89. The average Bonchev–Trinajstić information content (AvgIpc) is 2.82. The molecule has 0 fully saturated rings. The van der Waals surface area contributed by atoms with Gasteiger partial charge in [0, 0.05) is 18.7 Å². The van der Waals surface area contributed by atoms with Crippen LogP contribution in [0, 0.1) is 5.82 Å². The van der Waals surface area contributed by atoms with E-state index in [9.17, 15) is 22.4 Å². The Morgan fingerprint density at radius 2 is 1.70 bits per heavy atom. The van der Waals surface area contributed by atoms with Gasteiger partial charge in [-0.25, -0.2) is 17.6 Å². The van der Waals surface area contributed by atoms with Crippen LogP contribution in [-0.2, 0) is 27.7 Å². The second-order valence-corrected chi connectivity index (χ2v) is 9.85. The molecule has 0 saturated carbocycles. The summed E-state index contributed by atoms with van der Waals surface area (Å²) in [5.74, 6) is -1.96. The number of carbonyl (C=O) groups is 2. The molecule has 0 radical (unpaired) electrons. The van der Waals surface area contributed by atoms with E-state index in [1.165, 1.54) is 28.6 Å². The fourth-order valence-corrected chi connectivity index (χ4v) is 5.21. The Morgan fingerprint density at radius 1 is 1.00 bits per heavy atom. The highest BCUT2D eigenvalue weighted by Gasteiger charge is 2.29. The molecule has 0 aliphatic carbocycles. The quantitative estimate of drug-likeness (QED) is 0.383. The van der Waals surface area contributed by atoms with Crippen molar-refractivity contribution in [2.24, 2.45) is 0 Å². The molecule has 33 heavy (non-hydrogen) atoms. The second-order valence-electron chi connectivity index (χ2n) is 7.51. The maximum absolute atomic E-state index is 13.2. The Kier molecular flexibility index (Phi) is 6.60. The van der Waals surface area contributed by atoms with Gasteiger partial charge in [0.1, 0.15) is 5.82 Å². The molecular formula is C24H19ClFNO5S. The van der Waals surface area contributed by atoms with Crippen molar-refractivity contribution in [1.82, 2.24) is 4.31 Å². The van der Waals surface area contributed by atoms with Crippen LogP contribution >= 0.6 is 11.6 Å². The first-order valence-electron chi connectivity index (χ1n) is 10.1. The zero-order chi connectivity index (χ0) is 23.6. The number of ketones is 1. The summed E-state index contributed by atoms with van der Waals surface area (Å²) in [4.78, 5) is 24.6. The van der Waals surface area contributed by atoms with Crippen molar-refractivity contribution in [3.63, 3.8) is 0 Å². The maximum atomic E-state index is 13.2. The van der Waals surface area contributed by atoms with E-state index in [1.54, 1.807) is 0 Å². The number of rotatable bonds is 6. The maximum Gasteiger partial charge on any atom is 0.340 e. The Balaban J connectivity index is 1.50. The van der Waals surface area contributed by atoms with Gasteiger partial charge in [-0.15, -0.1) is 0 Å². The van der Waals surface area contributed by atoms with E-state index < -0.39 is 34.2 Å². The van der Waals surface area contributed by atoms with Gasteiger partial charge < -0.3 is 4.74 Å². The summed E-state index contributed by atoms with van der Waals surface area (Å²) in [5.41, 5.74) is 2.05. The lowest BCUT2D eigenvalue weighted by Gasteiger charge is -2.28. The summed E-state index contributed by atoms with van der Waals surface area (Å²) in [6.07, 6.45) is 0.587. The highest BCUT2D eigenvalue weighted by molar-refractivity contribution is 7.89. The third-order valence-corrected chi connectivity index (χ3v) is 7.56. The van der Waals surface area contributed by atoms with Gasteiger partial charge in [0.05, 0.1) is 15.5 Å². The molecule has 170 valence electrons. The second kappa shape index (κ2) is 9.43. The lowest BCUT2D eigenvalue weighted by Crippen LogP contribution is -2.36. The van der Waals surface area contributed by atoms with Crippen LogP contribution in [0.1, 0.15) is 31.8 Å². The first-order valence-corrected chi connectivity index (χ1v) is 11.9. The zero-order valence-electron chi connectivity index (χ0n) is 17.3. The van der Waals surface area contributed by atoms with Gasteiger partial charge in [-0.3, -0.25) is 4.79 Å². The van der Waals surface area contributed by atoms with E-state index in [-0.39, 0.29) is 27.6 Å². The van der Waals surface area contributed by atoms with Crippen LogP contribution in [0.25, 0.3) is 0 Å². The van der Waals surface area contributed by atoms with Crippen LogP contribution in [0.15, 0.2) is 71.6 Å². The smallest absolute Gasteiger partial charge is 0.340 e. The first kappa shape index (κ1) is 23.1. The summed E-state index contributed by atoms with van der Waals surface area (Å²) in [5, 5.41) is -0.00262. The zero-order valence-corrected chi connectivity index (χ0v) is 18.9. The van der Waals surface area contributed by atoms with E-state index in [1.807, 2.05) is 24.3 Å². The lowest BCUT2D eigenvalue weighted by molar-refractivity contribution is 0.0474. The Hall–Kier alpha value is -3.07. The summed E-state index contributed by atoms with van der Waals surface area (Å²) in [6, 6.07) is 16.2. The average molecular weight is 488 g/mol. The molecule has 9 heteroatoms. The number of esters is 1. The van der Waals surface area contributed by atoms with E-state index in [0.717, 1.165) is 29.3 Å². The summed E-state index contributed by atoms with van der Waals surface area (Å²) in [7, 11) is -3.89. The SMILES string of the molecule is O=C(COC(=O)c1cc(S(=O)(=O)N2CCc3ccccc3C2)ccc1Cl)c1ccc(F)cc1. The Bertz CT molecular complexity index is 1320. The topological polar surface area (TPSA) is 80.8 Å². The number of ether oxygens (including phenoxy) is 1. The van der Waals surface area contributed by atoms with Gasteiger partial charge >= 0.3 is 5.97 Å². The van der Waals surface area contributed by atoms with Crippen LogP contribution in [0.5, 0.6) is 0 Å². The van der Waals surface area contributed by atoms with Gasteiger partial charge in [-0.1, -0.05) is 35.9 Å². The molecule has 1 aliphatic rings. The number of halogens is 2. The number of fused-ring (bicyclic) bond motifs is 1. The van der Waals surface area contributed by atoms with Gasteiger partial charge in [-0.05, 0) is 60.0 Å². The van der Waals surface area contributed by atoms with Gasteiger partial charge in [0.25, 0.3) is 0 Å². The molecule has 0 N–H and O–H groups in total. The lowest BCUT2D eigenvalue weighted by atomic mass is 10.0. The van der Waals surface area contributed by atoms with Crippen LogP contribution < -0.4 is 0 Å². The molecule has 0 atom stereocenters. The molecule has 0 spiro atoms. The molecule has 0 saturated heterocycles. The van der Waals surface area contributed by atoms with E-state index in [0.29, 0.717) is 13.0 Å². The molecule has 1 heterocycles. The molecule has 1 aliphatic heterocycles. The fraction of sp³-hybridized carbons (Fsp3) is 0.167. The predicted octanol–water partition coefficient (Wildman–Crippen LogP) is 4.27. The van der Waals surface area contributed by atoms with Crippen molar-refractivity contribution in [3.05, 3.63) is 99.8 Å². The molecule has 3 aromatic carbocycles. The summed E-state index contributed by atoms with van der Waals surface area (Å²) < 4.78 is 45.8. The van der Waals surface area contributed by atoms with Crippen LogP contribution in [0.4, 0.5) is 4.39 Å². The van der Waals surface area contributed by atoms with Crippen LogP contribution in [0.3, 0.4) is 0 Å². The molecule has 3 aromatic rings. The van der Waals surface area contributed by atoms with Crippen molar-refractivity contribution in [2.75, 3.05) is 13.2 Å². The monoisotopic (exact) mass is 487 g/mol. The number of hydrogen-bond donors (Lipinski definition) is 0. The van der Waals surface area contributed by atoms with Crippen LogP contribution in [-0.4, -0.2) is 37.6 Å². The molecule has 0 aromatic heterocycles. The Morgan fingerprint density at radius 3 is 2.42 bits per heavy atom. The number of hydrogen-bond acceptors (Lipinski definition) is 5. The highest BCUT2D eigenvalue weighted by Crippen LogP contribution is 2.27. The molecular weight excluding hydrogens is 469 g/mol. The van der Waals surface area contributed by atoms with Crippen molar-refractivity contribution < 1.29 is 27.1 Å². The highest BCUT2D eigenvalue weighted by atomic mass is 35.5. The summed E-state index contributed by atoms with van der Waals surface area (Å²) >= 11 is 6.11. The molecule has 6 nitrogen and oxygen atoms in total. The minimum Gasteiger partial charge on any atom is -0.454 e. The van der Waals surface area contributed by atoms with Crippen molar-refractivity contribution in [3.8, 4) is 0 Å². The third kappa shape index (κ3) is 4.98. The molecule has 4 rings (SSSR count). The van der Waals surface area contributed by atoms with E-state index in [4.69, 9.17) is 16.3 Å². The van der Waals surface area contributed by atoms with Gasteiger partial charge in [-0.2, -0.15) is 4.31 Å². The number of Topliss-reactive ketones (excluding diaryl/α,β-unsaturated/α-hetero) is 1. The first-order chi connectivity index (χ1) is 15.8. The standard InChI is InChI=1S/C24H19ClFNO5S/c25-22-10-9-20(33(30,31)27-12-11-16-3-1-2-4-18(16)14-27)13-21(22)24(29)32-15-23(28)17-5-7-19(26)8-6-17/h1-10,13H,11-12,14-15H2. The normalized spacial score (nSPS) is 13.9. The number of carbonyl (C=O) groups excluding carboxylic acids is 2.